The molecule has 1 N–H and O–H groups in total. The molecule has 1 aliphatic rings. The van der Waals surface area contributed by atoms with E-state index in [1.165, 1.54) is 5.56 Å². The first-order chi connectivity index (χ1) is 13.2. The molecule has 27 heavy (non-hydrogen) atoms. The predicted molar refractivity (Wildman–Crippen MR) is 106 cm³/mol. The molecule has 0 saturated heterocycles. The monoisotopic (exact) mass is 361 g/mol. The van der Waals surface area contributed by atoms with Crippen LogP contribution in [0.3, 0.4) is 0 Å². The highest BCUT2D eigenvalue weighted by atomic mass is 16.5. The Balaban J connectivity index is 1.63. The number of hydrogen-bond acceptors (Lipinski definition) is 2. The van der Waals surface area contributed by atoms with Gasteiger partial charge < -0.3 is 19.5 Å². The molecule has 1 atom stereocenters. The van der Waals surface area contributed by atoms with Gasteiger partial charge in [0, 0.05) is 30.7 Å². The van der Waals surface area contributed by atoms with Crippen LogP contribution in [0.15, 0.2) is 66.9 Å². The number of ether oxygens (including phenoxy) is 1. The number of nitrogens with one attached hydrogen (secondary N) is 1. The van der Waals surface area contributed by atoms with Crippen molar-refractivity contribution in [2.45, 2.75) is 19.5 Å². The van der Waals surface area contributed by atoms with Crippen molar-refractivity contribution in [3.63, 3.8) is 0 Å². The van der Waals surface area contributed by atoms with Crippen LogP contribution in [-0.4, -0.2) is 29.2 Å². The Labute approximate surface area is 159 Å². The summed E-state index contributed by atoms with van der Waals surface area (Å²) in [6.45, 7) is 3.52. The molecule has 2 aromatic carbocycles. The summed E-state index contributed by atoms with van der Waals surface area (Å²) < 4.78 is 7.40. The molecule has 4 rings (SSSR count). The molecule has 0 fully saturated rings. The maximum atomic E-state index is 13.1. The van der Waals surface area contributed by atoms with Crippen LogP contribution in [0.4, 0.5) is 10.5 Å². The maximum absolute atomic E-state index is 13.1. The van der Waals surface area contributed by atoms with Gasteiger partial charge in [-0.05, 0) is 48.9 Å². The number of anilines is 1. The third-order valence-corrected chi connectivity index (χ3v) is 5.03. The van der Waals surface area contributed by atoms with E-state index in [2.05, 4.69) is 53.3 Å². The van der Waals surface area contributed by atoms with Crippen molar-refractivity contribution >= 4 is 11.7 Å². The van der Waals surface area contributed by atoms with Gasteiger partial charge in [0.05, 0.1) is 13.2 Å². The fraction of sp³-hybridized carbons (Fsp3) is 0.227. The quantitative estimate of drug-likeness (QED) is 0.749. The smallest absolute Gasteiger partial charge is 0.322 e. The molecule has 2 amide bonds. The minimum absolute atomic E-state index is 0.0989. The molecule has 0 aliphatic carbocycles. The van der Waals surface area contributed by atoms with Crippen molar-refractivity contribution in [2.75, 3.05) is 19.0 Å². The van der Waals surface area contributed by atoms with Crippen molar-refractivity contribution in [1.29, 1.82) is 0 Å². The van der Waals surface area contributed by atoms with Gasteiger partial charge in [0.1, 0.15) is 5.75 Å². The highest BCUT2D eigenvalue weighted by Gasteiger charge is 2.32. The summed E-state index contributed by atoms with van der Waals surface area (Å²) in [5.74, 6) is 0.765. The second kappa shape index (κ2) is 7.19. The molecule has 0 unspecified atom stereocenters. The minimum Gasteiger partial charge on any atom is -0.497 e. The summed E-state index contributed by atoms with van der Waals surface area (Å²) >= 11 is 0. The average Bonchev–Trinajstić information content (AvgIpc) is 3.17. The first-order valence-electron chi connectivity index (χ1n) is 9.09. The summed E-state index contributed by atoms with van der Waals surface area (Å²) in [7, 11) is 1.63. The zero-order valence-corrected chi connectivity index (χ0v) is 15.6. The zero-order chi connectivity index (χ0) is 18.8. The molecule has 138 valence electrons. The first kappa shape index (κ1) is 17.2. The number of amides is 2. The van der Waals surface area contributed by atoms with Crippen LogP contribution in [-0.2, 0) is 6.54 Å². The summed E-state index contributed by atoms with van der Waals surface area (Å²) in [6, 6.07) is 19.7. The van der Waals surface area contributed by atoms with Gasteiger partial charge in [-0.3, -0.25) is 0 Å². The number of fused-ring (bicyclic) bond motifs is 1. The van der Waals surface area contributed by atoms with Crippen molar-refractivity contribution < 1.29 is 9.53 Å². The van der Waals surface area contributed by atoms with Gasteiger partial charge in [0.25, 0.3) is 0 Å². The SMILES string of the molecule is COc1ccc(NC(=O)N2CCn3cccc3[C@H]2c2ccc(C)cc2)cc1. The lowest BCUT2D eigenvalue weighted by molar-refractivity contribution is 0.182. The van der Waals surface area contributed by atoms with Crippen LogP contribution in [0.5, 0.6) is 5.75 Å². The third kappa shape index (κ3) is 3.40. The molecule has 0 spiro atoms. The van der Waals surface area contributed by atoms with E-state index in [0.29, 0.717) is 6.54 Å². The number of rotatable bonds is 3. The summed E-state index contributed by atoms with van der Waals surface area (Å²) in [5.41, 5.74) is 4.21. The molecule has 5 heteroatoms. The lowest BCUT2D eigenvalue weighted by Gasteiger charge is -2.37. The van der Waals surface area contributed by atoms with E-state index in [1.54, 1.807) is 7.11 Å². The van der Waals surface area contributed by atoms with Crippen LogP contribution in [0.25, 0.3) is 0 Å². The predicted octanol–water partition coefficient (Wildman–Crippen LogP) is 4.44. The van der Waals surface area contributed by atoms with E-state index in [0.717, 1.165) is 29.2 Å². The third-order valence-electron chi connectivity index (χ3n) is 5.03. The minimum atomic E-state index is -0.104. The normalized spacial score (nSPS) is 15.9. The first-order valence-corrected chi connectivity index (χ1v) is 9.09. The number of methoxy groups -OCH3 is 1. The van der Waals surface area contributed by atoms with Crippen molar-refractivity contribution in [3.05, 3.63) is 83.7 Å². The second-order valence-electron chi connectivity index (χ2n) is 6.79. The fourth-order valence-corrected chi connectivity index (χ4v) is 3.57. The van der Waals surface area contributed by atoms with E-state index in [4.69, 9.17) is 4.74 Å². The number of urea groups is 1. The molecule has 0 saturated carbocycles. The van der Waals surface area contributed by atoms with Gasteiger partial charge in [0.2, 0.25) is 0 Å². The Morgan fingerprint density at radius 2 is 1.78 bits per heavy atom. The number of hydrogen-bond donors (Lipinski definition) is 1. The van der Waals surface area contributed by atoms with E-state index >= 15 is 0 Å². The lowest BCUT2D eigenvalue weighted by Crippen LogP contribution is -2.44. The van der Waals surface area contributed by atoms with Gasteiger partial charge in [-0.25, -0.2) is 4.79 Å². The summed E-state index contributed by atoms with van der Waals surface area (Å²) in [6.07, 6.45) is 2.08. The highest BCUT2D eigenvalue weighted by Crippen LogP contribution is 2.33. The van der Waals surface area contributed by atoms with Crippen LogP contribution in [0.1, 0.15) is 22.9 Å². The number of carbonyl (C=O) groups is 1. The number of benzene rings is 2. The molecular weight excluding hydrogens is 338 g/mol. The van der Waals surface area contributed by atoms with Gasteiger partial charge in [-0.2, -0.15) is 0 Å². The van der Waals surface area contributed by atoms with Crippen molar-refractivity contribution in [3.8, 4) is 5.75 Å². The van der Waals surface area contributed by atoms with Gasteiger partial charge in [-0.15, -0.1) is 0 Å². The van der Waals surface area contributed by atoms with Gasteiger partial charge in [0.15, 0.2) is 0 Å². The van der Waals surface area contributed by atoms with Crippen LogP contribution >= 0.6 is 0 Å². The van der Waals surface area contributed by atoms with Crippen LogP contribution in [0.2, 0.25) is 0 Å². The largest absolute Gasteiger partial charge is 0.497 e. The average molecular weight is 361 g/mol. The topological polar surface area (TPSA) is 46.5 Å². The second-order valence-corrected chi connectivity index (χ2v) is 6.79. The Morgan fingerprint density at radius 3 is 2.48 bits per heavy atom. The number of aromatic nitrogens is 1. The van der Waals surface area contributed by atoms with Crippen molar-refractivity contribution in [2.24, 2.45) is 0 Å². The lowest BCUT2D eigenvalue weighted by atomic mass is 9.99. The van der Waals surface area contributed by atoms with Crippen molar-refractivity contribution in [1.82, 2.24) is 9.47 Å². The molecule has 1 aromatic heterocycles. The maximum Gasteiger partial charge on any atom is 0.322 e. The molecule has 1 aliphatic heterocycles. The molecule has 5 nitrogen and oxygen atoms in total. The van der Waals surface area contributed by atoms with Gasteiger partial charge in [-0.1, -0.05) is 29.8 Å². The number of carbonyl (C=O) groups excluding carboxylic acids is 1. The molecule has 3 aromatic rings. The zero-order valence-electron chi connectivity index (χ0n) is 15.6. The van der Waals surface area contributed by atoms with Crippen LogP contribution < -0.4 is 10.1 Å². The molecule has 0 bridgehead atoms. The Morgan fingerprint density at radius 1 is 1.04 bits per heavy atom. The highest BCUT2D eigenvalue weighted by molar-refractivity contribution is 5.90. The van der Waals surface area contributed by atoms with Gasteiger partial charge >= 0.3 is 6.03 Å². The van der Waals surface area contributed by atoms with E-state index in [1.807, 2.05) is 35.2 Å². The summed E-state index contributed by atoms with van der Waals surface area (Å²) in [4.78, 5) is 15.0. The van der Waals surface area contributed by atoms with E-state index in [-0.39, 0.29) is 12.1 Å². The fourth-order valence-electron chi connectivity index (χ4n) is 3.57. The van der Waals surface area contributed by atoms with E-state index < -0.39 is 0 Å². The molecule has 0 radical (unpaired) electrons. The Kier molecular flexibility index (Phi) is 4.59. The number of nitrogens with zero attached hydrogens (tertiary/aromatic N) is 2. The molecule has 2 heterocycles. The Hall–Kier alpha value is -3.21. The van der Waals surface area contributed by atoms with E-state index in [9.17, 15) is 4.79 Å². The van der Waals surface area contributed by atoms with Crippen LogP contribution in [0, 0.1) is 6.92 Å². The number of aryl methyl sites for hydroxylation is 1. The Bertz CT molecular complexity index is 929. The summed E-state index contributed by atoms with van der Waals surface area (Å²) in [5, 5.41) is 3.02. The molecular formula is C22H23N3O2. The standard InChI is InChI=1S/C22H23N3O2/c1-16-5-7-17(8-6-16)21-20-4-3-13-24(20)14-15-25(21)22(26)23-18-9-11-19(27-2)12-10-18/h3-13,21H,14-15H2,1-2H3,(H,23,26)/t21-/m1/s1.